The molecule has 2 N–H and O–H groups in total. The fourth-order valence-electron chi connectivity index (χ4n) is 2.12. The number of halogens is 1. The molecule has 0 bridgehead atoms. The molecule has 1 aliphatic rings. The maximum Gasteiger partial charge on any atom is 0.245 e. The van der Waals surface area contributed by atoms with Crippen LogP contribution in [0.4, 0.5) is 4.39 Å². The van der Waals surface area contributed by atoms with Crippen LogP contribution in [0.1, 0.15) is 24.8 Å². The summed E-state index contributed by atoms with van der Waals surface area (Å²) < 4.78 is 39.7. The molecule has 6 heteroatoms. The summed E-state index contributed by atoms with van der Waals surface area (Å²) in [6.45, 7) is 1.13. The molecule has 0 unspecified atom stereocenters. The van der Waals surface area contributed by atoms with Gasteiger partial charge in [0.25, 0.3) is 0 Å². The summed E-state index contributed by atoms with van der Waals surface area (Å²) in [5.74, 6) is -0.710. The molecule has 0 aromatic heterocycles. The number of hydrogen-bond donors (Lipinski definition) is 1. The highest BCUT2D eigenvalue weighted by molar-refractivity contribution is 7.89. The van der Waals surface area contributed by atoms with Gasteiger partial charge in [0.2, 0.25) is 10.0 Å². The van der Waals surface area contributed by atoms with Gasteiger partial charge in [0.15, 0.2) is 0 Å². The van der Waals surface area contributed by atoms with Gasteiger partial charge < -0.3 is 5.73 Å². The number of sulfonamides is 1. The van der Waals surface area contributed by atoms with Gasteiger partial charge in [0, 0.05) is 19.6 Å². The Kier molecular flexibility index (Phi) is 3.99. The minimum atomic E-state index is -3.72. The van der Waals surface area contributed by atoms with Crippen LogP contribution >= 0.6 is 0 Å². The number of nitrogens with zero attached hydrogens (tertiary/aromatic N) is 1. The third-order valence-electron chi connectivity index (χ3n) is 3.16. The zero-order valence-corrected chi connectivity index (χ0v) is 10.9. The summed E-state index contributed by atoms with van der Waals surface area (Å²) in [6, 6.07) is 4.00. The first kappa shape index (κ1) is 13.5. The highest BCUT2D eigenvalue weighted by atomic mass is 32.2. The molecule has 2 rings (SSSR count). The average molecular weight is 272 g/mol. The van der Waals surface area contributed by atoms with Gasteiger partial charge in [-0.25, -0.2) is 12.8 Å². The summed E-state index contributed by atoms with van der Waals surface area (Å²) in [5, 5.41) is 0. The molecule has 0 amide bonds. The highest BCUT2D eigenvalue weighted by Gasteiger charge is 2.28. The van der Waals surface area contributed by atoms with Gasteiger partial charge in [0.1, 0.15) is 10.7 Å². The lowest BCUT2D eigenvalue weighted by Gasteiger charge is -2.26. The lowest BCUT2D eigenvalue weighted by atomic mass is 10.2. The molecule has 1 fully saturated rings. The molecule has 1 heterocycles. The van der Waals surface area contributed by atoms with Crippen LogP contribution in [0.25, 0.3) is 0 Å². The van der Waals surface area contributed by atoms with E-state index in [9.17, 15) is 12.8 Å². The van der Waals surface area contributed by atoms with E-state index in [4.69, 9.17) is 5.73 Å². The lowest BCUT2D eigenvalue weighted by Crippen LogP contribution is -2.36. The molecule has 1 aromatic rings. The van der Waals surface area contributed by atoms with E-state index in [1.165, 1.54) is 22.5 Å². The van der Waals surface area contributed by atoms with Crippen LogP contribution in [0.15, 0.2) is 23.1 Å². The van der Waals surface area contributed by atoms with Gasteiger partial charge in [-0.05, 0) is 30.5 Å². The minimum Gasteiger partial charge on any atom is -0.326 e. The quantitative estimate of drug-likeness (QED) is 0.906. The smallest absolute Gasteiger partial charge is 0.245 e. The van der Waals surface area contributed by atoms with Crippen LogP contribution in [-0.2, 0) is 16.6 Å². The Hall–Kier alpha value is -0.980. The molecule has 4 nitrogen and oxygen atoms in total. The van der Waals surface area contributed by atoms with Crippen molar-refractivity contribution in [2.75, 3.05) is 13.1 Å². The van der Waals surface area contributed by atoms with Gasteiger partial charge in [-0.3, -0.25) is 0 Å². The average Bonchev–Trinajstić information content (AvgIpc) is 2.40. The summed E-state index contributed by atoms with van der Waals surface area (Å²) in [4.78, 5) is -0.257. The topological polar surface area (TPSA) is 63.4 Å². The molecule has 0 aliphatic carbocycles. The first-order chi connectivity index (χ1) is 8.55. The maximum absolute atomic E-state index is 13.7. The maximum atomic E-state index is 13.7. The van der Waals surface area contributed by atoms with E-state index in [2.05, 4.69) is 0 Å². The fourth-order valence-corrected chi connectivity index (χ4v) is 3.75. The molecule has 0 saturated carbocycles. The van der Waals surface area contributed by atoms with Gasteiger partial charge in [-0.15, -0.1) is 0 Å². The molecule has 0 spiro atoms. The lowest BCUT2D eigenvalue weighted by molar-refractivity contribution is 0.345. The second kappa shape index (κ2) is 5.34. The van der Waals surface area contributed by atoms with Crippen LogP contribution < -0.4 is 5.73 Å². The molecule has 0 atom stereocenters. The number of nitrogens with two attached hydrogens (primary N) is 1. The van der Waals surface area contributed by atoms with Crippen LogP contribution in [-0.4, -0.2) is 25.8 Å². The SMILES string of the molecule is NCc1ccc(F)c(S(=O)(=O)N2CCCCC2)c1. The first-order valence-electron chi connectivity index (χ1n) is 6.04. The zero-order chi connectivity index (χ0) is 13.2. The van der Waals surface area contributed by atoms with E-state index in [0.29, 0.717) is 18.7 Å². The Labute approximate surface area is 107 Å². The Morgan fingerprint density at radius 3 is 2.50 bits per heavy atom. The van der Waals surface area contributed by atoms with Gasteiger partial charge >= 0.3 is 0 Å². The summed E-state index contributed by atoms with van der Waals surface area (Å²) in [6.07, 6.45) is 2.69. The highest BCUT2D eigenvalue weighted by Crippen LogP contribution is 2.23. The van der Waals surface area contributed by atoms with Crippen molar-refractivity contribution in [2.45, 2.75) is 30.7 Å². The normalized spacial score (nSPS) is 17.9. The van der Waals surface area contributed by atoms with Crippen molar-refractivity contribution in [3.63, 3.8) is 0 Å². The molecule has 18 heavy (non-hydrogen) atoms. The molecule has 0 radical (unpaired) electrons. The number of hydrogen-bond acceptors (Lipinski definition) is 3. The van der Waals surface area contributed by atoms with Crippen molar-refractivity contribution in [3.8, 4) is 0 Å². The second-order valence-electron chi connectivity index (χ2n) is 4.43. The van der Waals surface area contributed by atoms with E-state index >= 15 is 0 Å². The van der Waals surface area contributed by atoms with Gasteiger partial charge in [-0.1, -0.05) is 12.5 Å². The van der Waals surface area contributed by atoms with Gasteiger partial charge in [-0.2, -0.15) is 4.31 Å². The van der Waals surface area contributed by atoms with Crippen molar-refractivity contribution in [1.82, 2.24) is 4.31 Å². The Morgan fingerprint density at radius 2 is 1.89 bits per heavy atom. The predicted octanol–water partition coefficient (Wildman–Crippen LogP) is 1.46. The van der Waals surface area contributed by atoms with Crippen molar-refractivity contribution >= 4 is 10.0 Å². The molecular formula is C12H17FN2O2S. The number of rotatable bonds is 3. The number of piperidine rings is 1. The van der Waals surface area contributed by atoms with Gasteiger partial charge in [0.05, 0.1) is 0 Å². The monoisotopic (exact) mass is 272 g/mol. The van der Waals surface area contributed by atoms with E-state index in [-0.39, 0.29) is 11.4 Å². The van der Waals surface area contributed by atoms with Crippen LogP contribution in [0, 0.1) is 5.82 Å². The summed E-state index contributed by atoms with van der Waals surface area (Å²) in [5.41, 5.74) is 6.08. The standard InChI is InChI=1S/C12H17FN2O2S/c13-11-5-4-10(9-14)8-12(11)18(16,17)15-6-2-1-3-7-15/h4-5,8H,1-3,6-7,9,14H2. The molecule has 1 saturated heterocycles. The van der Waals surface area contributed by atoms with E-state index in [1.54, 1.807) is 0 Å². The van der Waals surface area contributed by atoms with Crippen LogP contribution in [0.5, 0.6) is 0 Å². The zero-order valence-electron chi connectivity index (χ0n) is 10.1. The number of benzene rings is 1. The van der Waals surface area contributed by atoms with E-state index < -0.39 is 15.8 Å². The van der Waals surface area contributed by atoms with Crippen LogP contribution in [0.3, 0.4) is 0 Å². The third kappa shape index (κ3) is 2.55. The van der Waals surface area contributed by atoms with Crippen molar-refractivity contribution < 1.29 is 12.8 Å². The Bertz CT molecular complexity index is 525. The predicted molar refractivity (Wildman–Crippen MR) is 66.9 cm³/mol. The van der Waals surface area contributed by atoms with Crippen molar-refractivity contribution in [1.29, 1.82) is 0 Å². The van der Waals surface area contributed by atoms with Crippen molar-refractivity contribution in [3.05, 3.63) is 29.6 Å². The van der Waals surface area contributed by atoms with E-state index in [0.717, 1.165) is 19.3 Å². The Morgan fingerprint density at radius 1 is 1.22 bits per heavy atom. The molecule has 1 aromatic carbocycles. The first-order valence-corrected chi connectivity index (χ1v) is 7.48. The van der Waals surface area contributed by atoms with Crippen molar-refractivity contribution in [2.24, 2.45) is 5.73 Å². The Balaban J connectivity index is 2.39. The third-order valence-corrected chi connectivity index (χ3v) is 5.08. The summed E-state index contributed by atoms with van der Waals surface area (Å²) >= 11 is 0. The van der Waals surface area contributed by atoms with Crippen LogP contribution in [0.2, 0.25) is 0 Å². The minimum absolute atomic E-state index is 0.197. The van der Waals surface area contributed by atoms with E-state index in [1.807, 2.05) is 0 Å². The second-order valence-corrected chi connectivity index (χ2v) is 6.34. The largest absolute Gasteiger partial charge is 0.326 e. The molecule has 1 aliphatic heterocycles. The molecule has 100 valence electrons. The fraction of sp³-hybridized carbons (Fsp3) is 0.500. The summed E-state index contributed by atoms with van der Waals surface area (Å²) in [7, 11) is -3.72. The molecular weight excluding hydrogens is 255 g/mol.